The third-order valence-electron chi connectivity index (χ3n) is 3.61. The lowest BCUT2D eigenvalue weighted by molar-refractivity contribution is -0.116. The first-order valence-corrected chi connectivity index (χ1v) is 7.57. The molecule has 2 rings (SSSR count). The predicted octanol–water partition coefficient (Wildman–Crippen LogP) is 3.13. The van der Waals surface area contributed by atoms with Crippen molar-refractivity contribution in [1.29, 1.82) is 0 Å². The van der Waals surface area contributed by atoms with Crippen molar-refractivity contribution in [1.82, 2.24) is 4.90 Å². The zero-order valence-electron chi connectivity index (χ0n) is 11.9. The Morgan fingerprint density at radius 2 is 2.25 bits per heavy atom. The van der Waals surface area contributed by atoms with Crippen LogP contribution in [0, 0.1) is 0 Å². The second kappa shape index (κ2) is 6.95. The molecule has 1 amide bonds. The summed E-state index contributed by atoms with van der Waals surface area (Å²) < 4.78 is 0. The van der Waals surface area contributed by atoms with Crippen LogP contribution in [-0.2, 0) is 4.79 Å². The highest BCUT2D eigenvalue weighted by Gasteiger charge is 2.27. The number of rotatable bonds is 7. The Bertz CT molecular complexity index is 474. The molecule has 1 aromatic rings. The molecule has 1 aromatic carbocycles. The fraction of sp³-hybridized carbons (Fsp3) is 0.533. The van der Waals surface area contributed by atoms with E-state index in [4.69, 9.17) is 17.3 Å². The third-order valence-corrected chi connectivity index (χ3v) is 3.84. The minimum absolute atomic E-state index is 0.00544. The topological polar surface area (TPSA) is 58.4 Å². The van der Waals surface area contributed by atoms with Crippen LogP contribution < -0.4 is 11.1 Å². The van der Waals surface area contributed by atoms with E-state index in [0.717, 1.165) is 25.6 Å². The first kappa shape index (κ1) is 15.1. The lowest BCUT2D eigenvalue weighted by Crippen LogP contribution is -2.27. The zero-order chi connectivity index (χ0) is 14.5. The van der Waals surface area contributed by atoms with Crippen LogP contribution in [0.4, 0.5) is 11.4 Å². The number of nitrogens with zero attached hydrogens (tertiary/aromatic N) is 1. The molecular weight excluding hydrogens is 274 g/mol. The van der Waals surface area contributed by atoms with Gasteiger partial charge in [-0.3, -0.25) is 4.79 Å². The predicted molar refractivity (Wildman–Crippen MR) is 84.0 cm³/mol. The molecule has 1 saturated carbocycles. The van der Waals surface area contributed by atoms with E-state index < -0.39 is 0 Å². The van der Waals surface area contributed by atoms with E-state index in [0.29, 0.717) is 22.8 Å². The van der Waals surface area contributed by atoms with Crippen molar-refractivity contribution in [2.75, 3.05) is 24.1 Å². The highest BCUT2D eigenvalue weighted by Crippen LogP contribution is 2.26. The number of carbonyl (C=O) groups excluding carboxylic acids is 1. The average Bonchev–Trinajstić information content (AvgIpc) is 3.22. The molecule has 1 aliphatic rings. The number of nitrogens with two attached hydrogens (primary N) is 1. The van der Waals surface area contributed by atoms with E-state index in [2.05, 4.69) is 17.1 Å². The summed E-state index contributed by atoms with van der Waals surface area (Å²) in [4.78, 5) is 14.3. The Morgan fingerprint density at radius 1 is 1.50 bits per heavy atom. The number of nitrogen functional groups attached to an aromatic ring is 1. The van der Waals surface area contributed by atoms with Crippen LogP contribution in [-0.4, -0.2) is 29.9 Å². The molecule has 0 saturated heterocycles. The van der Waals surface area contributed by atoms with Crippen molar-refractivity contribution < 1.29 is 4.79 Å². The van der Waals surface area contributed by atoms with Crippen molar-refractivity contribution >= 4 is 28.9 Å². The summed E-state index contributed by atoms with van der Waals surface area (Å²) >= 11 is 5.83. The molecule has 20 heavy (non-hydrogen) atoms. The smallest absolute Gasteiger partial charge is 0.224 e. The molecular formula is C15H22ClN3O. The Morgan fingerprint density at radius 3 is 2.85 bits per heavy atom. The summed E-state index contributed by atoms with van der Waals surface area (Å²) in [6.45, 7) is 4.23. The molecule has 0 aliphatic heterocycles. The molecule has 3 N–H and O–H groups in total. The number of anilines is 2. The van der Waals surface area contributed by atoms with E-state index in [-0.39, 0.29) is 5.91 Å². The summed E-state index contributed by atoms with van der Waals surface area (Å²) in [5.74, 6) is 0.00544. The second-order valence-electron chi connectivity index (χ2n) is 5.24. The van der Waals surface area contributed by atoms with Crippen LogP contribution in [0.2, 0.25) is 5.02 Å². The number of hydrogen-bond donors (Lipinski definition) is 2. The lowest BCUT2D eigenvalue weighted by Gasteiger charge is -2.19. The number of nitrogens with one attached hydrogen (secondary N) is 1. The van der Waals surface area contributed by atoms with Gasteiger partial charge < -0.3 is 16.0 Å². The van der Waals surface area contributed by atoms with Gasteiger partial charge in [0.25, 0.3) is 0 Å². The highest BCUT2D eigenvalue weighted by atomic mass is 35.5. The minimum atomic E-state index is 0.00544. The van der Waals surface area contributed by atoms with E-state index >= 15 is 0 Å². The molecule has 0 spiro atoms. The van der Waals surface area contributed by atoms with Gasteiger partial charge in [-0.05, 0) is 50.6 Å². The van der Waals surface area contributed by atoms with Crippen LogP contribution in [0.25, 0.3) is 0 Å². The normalized spacial score (nSPS) is 14.6. The summed E-state index contributed by atoms with van der Waals surface area (Å²) in [6.07, 6.45) is 4.01. The number of halogens is 1. The number of amides is 1. The fourth-order valence-electron chi connectivity index (χ4n) is 2.34. The van der Waals surface area contributed by atoms with Gasteiger partial charge in [-0.15, -0.1) is 0 Å². The monoisotopic (exact) mass is 295 g/mol. The molecule has 1 fully saturated rings. The van der Waals surface area contributed by atoms with Crippen molar-refractivity contribution in [2.45, 2.75) is 38.6 Å². The zero-order valence-corrected chi connectivity index (χ0v) is 12.6. The minimum Gasteiger partial charge on any atom is -0.397 e. The van der Waals surface area contributed by atoms with Crippen molar-refractivity contribution in [2.24, 2.45) is 0 Å². The van der Waals surface area contributed by atoms with Gasteiger partial charge in [-0.2, -0.15) is 0 Å². The standard InChI is InChI=1S/C15H22ClN3O/c1-2-19(12-6-7-12)9-3-4-15(20)18-14-8-5-11(16)10-13(14)17/h5,8,10,12H,2-4,6-7,9,17H2,1H3,(H,18,20). The van der Waals surface area contributed by atoms with E-state index in [9.17, 15) is 4.79 Å². The van der Waals surface area contributed by atoms with Crippen molar-refractivity contribution in [3.05, 3.63) is 23.2 Å². The summed E-state index contributed by atoms with van der Waals surface area (Å²) in [5.41, 5.74) is 6.94. The molecule has 0 radical (unpaired) electrons. The average molecular weight is 296 g/mol. The first-order valence-electron chi connectivity index (χ1n) is 7.19. The van der Waals surface area contributed by atoms with Gasteiger partial charge >= 0.3 is 0 Å². The molecule has 0 unspecified atom stereocenters. The maximum atomic E-state index is 11.9. The van der Waals surface area contributed by atoms with Crippen molar-refractivity contribution in [3.63, 3.8) is 0 Å². The molecule has 0 aromatic heterocycles. The fourth-order valence-corrected chi connectivity index (χ4v) is 2.52. The Hall–Kier alpha value is -1.26. The van der Waals surface area contributed by atoms with Crippen LogP contribution >= 0.6 is 11.6 Å². The number of hydrogen-bond acceptors (Lipinski definition) is 3. The van der Waals surface area contributed by atoms with Gasteiger partial charge in [-0.1, -0.05) is 18.5 Å². The molecule has 0 bridgehead atoms. The molecule has 5 heteroatoms. The van der Waals surface area contributed by atoms with Crippen LogP contribution in [0.3, 0.4) is 0 Å². The van der Waals surface area contributed by atoms with Gasteiger partial charge in [0.05, 0.1) is 11.4 Å². The van der Waals surface area contributed by atoms with E-state index in [1.54, 1.807) is 18.2 Å². The van der Waals surface area contributed by atoms with Gasteiger partial charge in [0.1, 0.15) is 0 Å². The van der Waals surface area contributed by atoms with Gasteiger partial charge in [0, 0.05) is 17.5 Å². The second-order valence-corrected chi connectivity index (χ2v) is 5.68. The largest absolute Gasteiger partial charge is 0.397 e. The summed E-state index contributed by atoms with van der Waals surface area (Å²) in [6, 6.07) is 5.86. The van der Waals surface area contributed by atoms with Crippen LogP contribution in [0.1, 0.15) is 32.6 Å². The SMILES string of the molecule is CCN(CCCC(=O)Nc1ccc(Cl)cc1N)C1CC1. The van der Waals surface area contributed by atoms with Crippen LogP contribution in [0.15, 0.2) is 18.2 Å². The number of benzene rings is 1. The maximum Gasteiger partial charge on any atom is 0.224 e. The molecule has 0 atom stereocenters. The Kier molecular flexibility index (Phi) is 5.26. The summed E-state index contributed by atoms with van der Waals surface area (Å²) in [5, 5.41) is 3.41. The molecule has 4 nitrogen and oxygen atoms in total. The number of carbonyl (C=O) groups is 1. The van der Waals surface area contributed by atoms with Gasteiger partial charge in [0.2, 0.25) is 5.91 Å². The lowest BCUT2D eigenvalue weighted by atomic mass is 10.2. The maximum absolute atomic E-state index is 11.9. The summed E-state index contributed by atoms with van der Waals surface area (Å²) in [7, 11) is 0. The van der Waals surface area contributed by atoms with Gasteiger partial charge in [0.15, 0.2) is 0 Å². The third kappa shape index (κ3) is 4.39. The Labute approximate surface area is 125 Å². The molecule has 1 aliphatic carbocycles. The van der Waals surface area contributed by atoms with Crippen LogP contribution in [0.5, 0.6) is 0 Å². The van der Waals surface area contributed by atoms with E-state index in [1.807, 2.05) is 0 Å². The van der Waals surface area contributed by atoms with E-state index in [1.165, 1.54) is 12.8 Å². The first-order chi connectivity index (χ1) is 9.60. The quantitative estimate of drug-likeness (QED) is 0.760. The molecule has 0 heterocycles. The van der Waals surface area contributed by atoms with Crippen molar-refractivity contribution in [3.8, 4) is 0 Å². The highest BCUT2D eigenvalue weighted by molar-refractivity contribution is 6.31. The Balaban J connectivity index is 1.74. The molecule has 110 valence electrons. The van der Waals surface area contributed by atoms with Gasteiger partial charge in [-0.25, -0.2) is 0 Å².